The summed E-state index contributed by atoms with van der Waals surface area (Å²) in [6.45, 7) is 2.12. The number of carbonyl (C=O) groups excluding carboxylic acids is 1. The van der Waals surface area contributed by atoms with Crippen LogP contribution in [0, 0.1) is 0 Å². The van der Waals surface area contributed by atoms with E-state index in [1.54, 1.807) is 6.07 Å². The molecule has 1 amide bonds. The van der Waals surface area contributed by atoms with Crippen molar-refractivity contribution in [3.05, 3.63) is 89.0 Å². The van der Waals surface area contributed by atoms with E-state index in [4.69, 9.17) is 15.2 Å². The predicted octanol–water partition coefficient (Wildman–Crippen LogP) is 5.24. The third kappa shape index (κ3) is 4.63. The lowest BCUT2D eigenvalue weighted by Crippen LogP contribution is -2.30. The SMILES string of the molecule is NC(=O)Oc1ccc2c(c1)CCc1cc(CN3CCCC3Cc3ccccc3)ccc1O2. The highest BCUT2D eigenvalue weighted by Gasteiger charge is 2.25. The number of hydrogen-bond donors (Lipinski definition) is 1. The highest BCUT2D eigenvalue weighted by molar-refractivity contribution is 5.68. The second-order valence-electron chi connectivity index (χ2n) is 8.69. The minimum atomic E-state index is -0.806. The van der Waals surface area contributed by atoms with Crippen LogP contribution in [0.2, 0.25) is 0 Å². The average Bonchev–Trinajstić information content (AvgIpc) is 3.12. The molecule has 32 heavy (non-hydrogen) atoms. The van der Waals surface area contributed by atoms with Gasteiger partial charge >= 0.3 is 6.09 Å². The van der Waals surface area contributed by atoms with Gasteiger partial charge in [-0.2, -0.15) is 0 Å². The second kappa shape index (κ2) is 9.05. The molecule has 0 radical (unpaired) electrons. The van der Waals surface area contributed by atoms with Gasteiger partial charge in [-0.25, -0.2) is 4.79 Å². The lowest BCUT2D eigenvalue weighted by atomic mass is 10.0. The Morgan fingerprint density at radius 2 is 1.72 bits per heavy atom. The Balaban J connectivity index is 1.29. The fourth-order valence-corrected chi connectivity index (χ4v) is 4.90. The van der Waals surface area contributed by atoms with Crippen LogP contribution in [0.5, 0.6) is 17.2 Å². The summed E-state index contributed by atoms with van der Waals surface area (Å²) in [6.07, 6.45) is 4.52. The Bertz CT molecular complexity index is 1110. The first-order valence-corrected chi connectivity index (χ1v) is 11.3. The summed E-state index contributed by atoms with van der Waals surface area (Å²) in [4.78, 5) is 13.7. The van der Waals surface area contributed by atoms with E-state index >= 15 is 0 Å². The molecule has 2 heterocycles. The van der Waals surface area contributed by atoms with Crippen LogP contribution in [-0.2, 0) is 25.8 Å². The Morgan fingerprint density at radius 3 is 2.50 bits per heavy atom. The molecule has 1 saturated heterocycles. The van der Waals surface area contributed by atoms with E-state index < -0.39 is 6.09 Å². The molecule has 0 spiro atoms. The van der Waals surface area contributed by atoms with Gasteiger partial charge in [0.2, 0.25) is 0 Å². The summed E-state index contributed by atoms with van der Waals surface area (Å²) in [5.41, 5.74) is 10.1. The van der Waals surface area contributed by atoms with Gasteiger partial charge in [-0.05, 0) is 85.2 Å². The highest BCUT2D eigenvalue weighted by atomic mass is 16.5. The van der Waals surface area contributed by atoms with Crippen LogP contribution in [0.1, 0.15) is 35.1 Å². The molecule has 0 aromatic heterocycles. The van der Waals surface area contributed by atoms with Crippen LogP contribution >= 0.6 is 0 Å². The number of rotatable bonds is 5. The van der Waals surface area contributed by atoms with E-state index in [9.17, 15) is 4.79 Å². The minimum Gasteiger partial charge on any atom is -0.457 e. The number of carbonyl (C=O) groups is 1. The number of likely N-dealkylation sites (tertiary alicyclic amines) is 1. The van der Waals surface area contributed by atoms with E-state index in [-0.39, 0.29) is 0 Å². The van der Waals surface area contributed by atoms with Crippen LogP contribution in [-0.4, -0.2) is 23.6 Å². The number of hydrogen-bond acceptors (Lipinski definition) is 4. The van der Waals surface area contributed by atoms with Crippen molar-refractivity contribution in [2.75, 3.05) is 6.54 Å². The van der Waals surface area contributed by atoms with Crippen molar-refractivity contribution in [3.63, 3.8) is 0 Å². The first-order chi connectivity index (χ1) is 15.6. The maximum Gasteiger partial charge on any atom is 0.409 e. The average molecular weight is 429 g/mol. The Hall–Kier alpha value is -3.31. The predicted molar refractivity (Wildman–Crippen MR) is 124 cm³/mol. The fraction of sp³-hybridized carbons (Fsp3) is 0.296. The number of ether oxygens (including phenoxy) is 2. The zero-order valence-electron chi connectivity index (χ0n) is 18.1. The molecule has 2 aliphatic heterocycles. The van der Waals surface area contributed by atoms with E-state index in [2.05, 4.69) is 53.4 Å². The van der Waals surface area contributed by atoms with Gasteiger partial charge in [-0.3, -0.25) is 4.90 Å². The maximum atomic E-state index is 11.1. The number of amides is 1. The van der Waals surface area contributed by atoms with E-state index in [0.29, 0.717) is 11.8 Å². The summed E-state index contributed by atoms with van der Waals surface area (Å²) in [7, 11) is 0. The summed E-state index contributed by atoms with van der Waals surface area (Å²) in [5, 5.41) is 0. The summed E-state index contributed by atoms with van der Waals surface area (Å²) in [5.74, 6) is 2.15. The normalized spacial score (nSPS) is 17.7. The molecule has 1 fully saturated rings. The van der Waals surface area contributed by atoms with E-state index in [1.165, 1.54) is 29.5 Å². The lowest BCUT2D eigenvalue weighted by Gasteiger charge is -2.25. The molecule has 1 atom stereocenters. The van der Waals surface area contributed by atoms with Crippen molar-refractivity contribution in [2.24, 2.45) is 5.73 Å². The molecular weight excluding hydrogens is 400 g/mol. The molecule has 3 aromatic carbocycles. The van der Waals surface area contributed by atoms with Gasteiger partial charge in [0.05, 0.1) is 0 Å². The molecule has 5 heteroatoms. The van der Waals surface area contributed by atoms with Crippen LogP contribution in [0.15, 0.2) is 66.7 Å². The first-order valence-electron chi connectivity index (χ1n) is 11.3. The molecule has 0 bridgehead atoms. The number of nitrogens with two attached hydrogens (primary N) is 1. The van der Waals surface area contributed by atoms with E-state index in [0.717, 1.165) is 49.4 Å². The van der Waals surface area contributed by atoms with Crippen molar-refractivity contribution in [1.82, 2.24) is 4.90 Å². The van der Waals surface area contributed by atoms with Crippen molar-refractivity contribution in [3.8, 4) is 17.2 Å². The first kappa shape index (κ1) is 20.6. The van der Waals surface area contributed by atoms with Crippen molar-refractivity contribution >= 4 is 6.09 Å². The Morgan fingerprint density at radius 1 is 0.969 bits per heavy atom. The summed E-state index contributed by atoms with van der Waals surface area (Å²) >= 11 is 0. The third-order valence-corrected chi connectivity index (χ3v) is 6.46. The zero-order chi connectivity index (χ0) is 21.9. The number of aryl methyl sites for hydroxylation is 2. The lowest BCUT2D eigenvalue weighted by molar-refractivity contribution is 0.211. The number of fused-ring (bicyclic) bond motifs is 2. The van der Waals surface area contributed by atoms with Crippen LogP contribution in [0.4, 0.5) is 4.79 Å². The molecule has 5 nitrogen and oxygen atoms in total. The second-order valence-corrected chi connectivity index (χ2v) is 8.69. The Labute approximate surface area is 188 Å². The fourth-order valence-electron chi connectivity index (χ4n) is 4.90. The summed E-state index contributed by atoms with van der Waals surface area (Å²) in [6, 6.07) is 23.4. The third-order valence-electron chi connectivity index (χ3n) is 6.46. The molecule has 2 N–H and O–H groups in total. The smallest absolute Gasteiger partial charge is 0.409 e. The van der Waals surface area contributed by atoms with Gasteiger partial charge < -0.3 is 15.2 Å². The van der Waals surface area contributed by atoms with Crippen molar-refractivity contribution in [1.29, 1.82) is 0 Å². The monoisotopic (exact) mass is 428 g/mol. The quantitative estimate of drug-likeness (QED) is 0.603. The van der Waals surface area contributed by atoms with Gasteiger partial charge in [-0.1, -0.05) is 42.5 Å². The van der Waals surface area contributed by atoms with Gasteiger partial charge in [-0.15, -0.1) is 0 Å². The molecule has 0 saturated carbocycles. The van der Waals surface area contributed by atoms with E-state index in [1.807, 2.05) is 12.1 Å². The molecule has 0 aliphatic carbocycles. The van der Waals surface area contributed by atoms with Gasteiger partial charge in [0, 0.05) is 12.6 Å². The highest BCUT2D eigenvalue weighted by Crippen LogP contribution is 2.36. The maximum absolute atomic E-state index is 11.1. The largest absolute Gasteiger partial charge is 0.457 e. The number of primary amides is 1. The van der Waals surface area contributed by atoms with Gasteiger partial charge in [0.15, 0.2) is 0 Å². The molecule has 1 unspecified atom stereocenters. The molecule has 2 aliphatic rings. The van der Waals surface area contributed by atoms with Crippen LogP contribution in [0.3, 0.4) is 0 Å². The van der Waals surface area contributed by atoms with Crippen molar-refractivity contribution in [2.45, 2.75) is 44.7 Å². The zero-order valence-corrected chi connectivity index (χ0v) is 18.1. The van der Waals surface area contributed by atoms with Crippen molar-refractivity contribution < 1.29 is 14.3 Å². The molecule has 164 valence electrons. The molecule has 3 aromatic rings. The van der Waals surface area contributed by atoms with Crippen LogP contribution in [0.25, 0.3) is 0 Å². The van der Waals surface area contributed by atoms with Crippen LogP contribution < -0.4 is 15.2 Å². The van der Waals surface area contributed by atoms with Gasteiger partial charge in [0.1, 0.15) is 17.2 Å². The van der Waals surface area contributed by atoms with Gasteiger partial charge in [0.25, 0.3) is 0 Å². The minimum absolute atomic E-state index is 0.449. The molecular formula is C27H28N2O3. The standard InChI is InChI=1S/C27H28N2O3/c28-27(30)31-24-11-13-26-22(17-24)10-9-21-15-20(8-12-25(21)32-26)18-29-14-4-7-23(29)16-19-5-2-1-3-6-19/h1-3,5-6,8,11-13,15,17,23H,4,7,9-10,14,16,18H2,(H2,28,30). The topological polar surface area (TPSA) is 64.8 Å². The molecule has 5 rings (SSSR count). The number of nitrogens with zero attached hydrogens (tertiary/aromatic N) is 1. The summed E-state index contributed by atoms with van der Waals surface area (Å²) < 4.78 is 11.2. The number of benzene rings is 3. The Kier molecular flexibility index (Phi) is 5.82.